The summed E-state index contributed by atoms with van der Waals surface area (Å²) < 4.78 is 6.59. The zero-order chi connectivity index (χ0) is 14.6. The molecule has 2 N–H and O–H groups in total. The van der Waals surface area contributed by atoms with E-state index in [4.69, 9.17) is 4.74 Å². The molecular weight excluding hydrogens is 246 g/mol. The predicted molar refractivity (Wildman–Crippen MR) is 72.2 cm³/mol. The summed E-state index contributed by atoms with van der Waals surface area (Å²) in [6, 6.07) is -0.766. The second-order valence-electron chi connectivity index (χ2n) is 5.57. The Labute approximate surface area is 113 Å². The van der Waals surface area contributed by atoms with Crippen LogP contribution in [0.25, 0.3) is 0 Å². The topological polar surface area (TPSA) is 76.4 Å². The first-order valence-corrected chi connectivity index (χ1v) is 6.26. The number of aromatic nitrogens is 2. The van der Waals surface area contributed by atoms with Gasteiger partial charge in [-0.2, -0.15) is 5.10 Å². The number of ether oxygens (including phenoxy) is 1. The van der Waals surface area contributed by atoms with Crippen molar-refractivity contribution >= 4 is 5.97 Å². The maximum atomic E-state index is 11.4. The standard InChI is InChI=1S/C13H23N3O3/c1-13(2,3)11-9(8-16(4)15-11)10(12(17)18)14-6-7-19-5/h8,10,14H,6-7H2,1-5H3,(H,17,18). The van der Waals surface area contributed by atoms with E-state index in [1.807, 2.05) is 20.8 Å². The van der Waals surface area contributed by atoms with E-state index in [-0.39, 0.29) is 5.41 Å². The van der Waals surface area contributed by atoms with E-state index in [9.17, 15) is 9.90 Å². The lowest BCUT2D eigenvalue weighted by Crippen LogP contribution is -2.32. The molecule has 0 fully saturated rings. The fraction of sp³-hybridized carbons (Fsp3) is 0.692. The van der Waals surface area contributed by atoms with Gasteiger partial charge in [0, 0.05) is 37.9 Å². The molecular formula is C13H23N3O3. The normalized spacial score (nSPS) is 13.5. The molecule has 6 nitrogen and oxygen atoms in total. The van der Waals surface area contributed by atoms with Crippen molar-refractivity contribution < 1.29 is 14.6 Å². The highest BCUT2D eigenvalue weighted by Gasteiger charge is 2.30. The Morgan fingerprint density at radius 1 is 1.58 bits per heavy atom. The number of nitrogens with one attached hydrogen (secondary N) is 1. The van der Waals surface area contributed by atoms with Gasteiger partial charge in [0.1, 0.15) is 6.04 Å². The van der Waals surface area contributed by atoms with Gasteiger partial charge in [-0.1, -0.05) is 20.8 Å². The van der Waals surface area contributed by atoms with Gasteiger partial charge in [0.2, 0.25) is 0 Å². The number of carboxylic acids is 1. The van der Waals surface area contributed by atoms with Crippen LogP contribution in [0.2, 0.25) is 0 Å². The summed E-state index contributed by atoms with van der Waals surface area (Å²) in [4.78, 5) is 11.4. The van der Waals surface area contributed by atoms with Crippen molar-refractivity contribution in [1.82, 2.24) is 15.1 Å². The lowest BCUT2D eigenvalue weighted by atomic mass is 9.87. The third kappa shape index (κ3) is 4.04. The number of carboxylic acid groups (broad SMARTS) is 1. The summed E-state index contributed by atoms with van der Waals surface area (Å²) in [5.74, 6) is -0.908. The summed E-state index contributed by atoms with van der Waals surface area (Å²) >= 11 is 0. The Morgan fingerprint density at radius 3 is 2.68 bits per heavy atom. The predicted octanol–water partition coefficient (Wildman–Crippen LogP) is 1.08. The fourth-order valence-corrected chi connectivity index (χ4v) is 1.94. The van der Waals surface area contributed by atoms with E-state index < -0.39 is 12.0 Å². The quantitative estimate of drug-likeness (QED) is 0.756. The second kappa shape index (κ2) is 6.16. The molecule has 1 aromatic rings. The third-order valence-electron chi connectivity index (χ3n) is 2.78. The number of aliphatic carboxylic acids is 1. The van der Waals surface area contributed by atoms with E-state index in [0.717, 1.165) is 5.69 Å². The number of carbonyl (C=O) groups is 1. The van der Waals surface area contributed by atoms with Gasteiger partial charge in [0.15, 0.2) is 0 Å². The van der Waals surface area contributed by atoms with Crippen LogP contribution >= 0.6 is 0 Å². The molecule has 108 valence electrons. The van der Waals surface area contributed by atoms with E-state index >= 15 is 0 Å². The molecule has 19 heavy (non-hydrogen) atoms. The van der Waals surface area contributed by atoms with Crippen LogP contribution in [0.1, 0.15) is 38.1 Å². The molecule has 1 aromatic heterocycles. The van der Waals surface area contributed by atoms with Gasteiger partial charge in [0.25, 0.3) is 0 Å². The molecule has 0 aliphatic rings. The summed E-state index contributed by atoms with van der Waals surface area (Å²) in [6.07, 6.45) is 1.76. The Balaban J connectivity index is 3.05. The van der Waals surface area contributed by atoms with E-state index in [2.05, 4.69) is 10.4 Å². The highest BCUT2D eigenvalue weighted by atomic mass is 16.5. The zero-order valence-corrected chi connectivity index (χ0v) is 12.2. The van der Waals surface area contributed by atoms with Gasteiger partial charge in [-0.25, -0.2) is 0 Å². The van der Waals surface area contributed by atoms with Crippen LogP contribution in [0, 0.1) is 0 Å². The number of rotatable bonds is 6. The minimum Gasteiger partial charge on any atom is -0.480 e. The second-order valence-corrected chi connectivity index (χ2v) is 5.57. The minimum absolute atomic E-state index is 0.201. The van der Waals surface area contributed by atoms with Crippen LogP contribution < -0.4 is 5.32 Å². The molecule has 0 amide bonds. The van der Waals surface area contributed by atoms with Crippen LogP contribution in [-0.4, -0.2) is 41.1 Å². The van der Waals surface area contributed by atoms with Gasteiger partial charge in [-0.05, 0) is 0 Å². The summed E-state index contributed by atoms with van der Waals surface area (Å²) in [7, 11) is 3.38. The SMILES string of the molecule is COCCNC(C(=O)O)c1cn(C)nc1C(C)(C)C. The third-order valence-corrected chi connectivity index (χ3v) is 2.78. The van der Waals surface area contributed by atoms with E-state index in [0.29, 0.717) is 18.7 Å². The molecule has 1 rings (SSSR count). The fourth-order valence-electron chi connectivity index (χ4n) is 1.94. The maximum absolute atomic E-state index is 11.4. The van der Waals surface area contributed by atoms with Crippen LogP contribution in [0.4, 0.5) is 0 Å². The molecule has 0 aliphatic heterocycles. The molecule has 0 saturated heterocycles. The molecule has 0 bridgehead atoms. The lowest BCUT2D eigenvalue weighted by Gasteiger charge is -2.21. The molecule has 0 spiro atoms. The number of methoxy groups -OCH3 is 1. The summed E-state index contributed by atoms with van der Waals surface area (Å²) in [6.45, 7) is 7.01. The lowest BCUT2D eigenvalue weighted by molar-refractivity contribution is -0.139. The molecule has 1 atom stereocenters. The van der Waals surface area contributed by atoms with Crippen molar-refractivity contribution in [3.8, 4) is 0 Å². The maximum Gasteiger partial charge on any atom is 0.325 e. The molecule has 0 saturated carbocycles. The highest BCUT2D eigenvalue weighted by molar-refractivity contribution is 5.76. The summed E-state index contributed by atoms with van der Waals surface area (Å²) in [5.41, 5.74) is 1.30. The molecule has 1 unspecified atom stereocenters. The van der Waals surface area contributed by atoms with Gasteiger partial charge in [0.05, 0.1) is 12.3 Å². The monoisotopic (exact) mass is 269 g/mol. The number of aryl methyl sites for hydroxylation is 1. The van der Waals surface area contributed by atoms with Gasteiger partial charge >= 0.3 is 5.97 Å². The van der Waals surface area contributed by atoms with Crippen molar-refractivity contribution in [2.45, 2.75) is 32.2 Å². The van der Waals surface area contributed by atoms with Crippen LogP contribution in [0.5, 0.6) is 0 Å². The van der Waals surface area contributed by atoms with Crippen molar-refractivity contribution in [3.05, 3.63) is 17.5 Å². The Bertz CT molecular complexity index is 435. The van der Waals surface area contributed by atoms with Gasteiger partial charge < -0.3 is 9.84 Å². The molecule has 0 radical (unpaired) electrons. The van der Waals surface area contributed by atoms with E-state index in [1.165, 1.54) is 0 Å². The van der Waals surface area contributed by atoms with Gasteiger partial charge in [-0.15, -0.1) is 0 Å². The largest absolute Gasteiger partial charge is 0.480 e. The van der Waals surface area contributed by atoms with Crippen molar-refractivity contribution in [1.29, 1.82) is 0 Å². The average molecular weight is 269 g/mol. The molecule has 0 aliphatic carbocycles. The molecule has 0 aromatic carbocycles. The Kier molecular flexibility index (Phi) is 5.08. The first-order valence-electron chi connectivity index (χ1n) is 6.26. The van der Waals surface area contributed by atoms with Crippen molar-refractivity contribution in [2.75, 3.05) is 20.3 Å². The van der Waals surface area contributed by atoms with Crippen molar-refractivity contribution in [3.63, 3.8) is 0 Å². The van der Waals surface area contributed by atoms with Gasteiger partial charge in [-0.3, -0.25) is 14.8 Å². The zero-order valence-electron chi connectivity index (χ0n) is 12.2. The first kappa shape index (κ1) is 15.7. The molecule has 1 heterocycles. The number of nitrogens with zero attached hydrogens (tertiary/aromatic N) is 2. The molecule has 6 heteroatoms. The Hall–Kier alpha value is -1.40. The smallest absolute Gasteiger partial charge is 0.325 e. The average Bonchev–Trinajstić information content (AvgIpc) is 2.65. The summed E-state index contributed by atoms with van der Waals surface area (Å²) in [5, 5.41) is 16.8. The van der Waals surface area contributed by atoms with E-state index in [1.54, 1.807) is 25.0 Å². The minimum atomic E-state index is -0.908. The van der Waals surface area contributed by atoms with Crippen LogP contribution in [-0.2, 0) is 22.0 Å². The van der Waals surface area contributed by atoms with Crippen LogP contribution in [0.3, 0.4) is 0 Å². The first-order chi connectivity index (χ1) is 8.77. The highest BCUT2D eigenvalue weighted by Crippen LogP contribution is 2.28. The number of hydrogen-bond acceptors (Lipinski definition) is 4. The van der Waals surface area contributed by atoms with Crippen LogP contribution in [0.15, 0.2) is 6.20 Å². The Morgan fingerprint density at radius 2 is 2.21 bits per heavy atom. The number of hydrogen-bond donors (Lipinski definition) is 2. The van der Waals surface area contributed by atoms with Crippen molar-refractivity contribution in [2.24, 2.45) is 7.05 Å².